The molecule has 6 nitrogen and oxygen atoms in total. The first kappa shape index (κ1) is 11.4. The molecule has 0 aliphatic heterocycles. The van der Waals surface area contributed by atoms with Crippen molar-refractivity contribution in [3.63, 3.8) is 0 Å². The van der Waals surface area contributed by atoms with Crippen molar-refractivity contribution in [1.82, 2.24) is 20.0 Å². The largest absolute Gasteiger partial charge is 0.476 e. The normalized spacial score (nSPS) is 10.2. The van der Waals surface area contributed by atoms with E-state index in [1.807, 2.05) is 26.1 Å². The molecule has 0 atom stereocenters. The predicted octanol–water partition coefficient (Wildman–Crippen LogP) is 1.22. The highest BCUT2D eigenvalue weighted by atomic mass is 16.5. The van der Waals surface area contributed by atoms with Crippen LogP contribution >= 0.6 is 0 Å². The average molecular weight is 233 g/mol. The molecule has 0 aliphatic carbocycles. The minimum Gasteiger partial charge on any atom is -0.476 e. The summed E-state index contributed by atoms with van der Waals surface area (Å²) in [5, 5.41) is 10.9. The van der Waals surface area contributed by atoms with Crippen LogP contribution in [0.15, 0.2) is 24.5 Å². The second-order valence-corrected chi connectivity index (χ2v) is 3.49. The average Bonchev–Trinajstić information content (AvgIpc) is 2.74. The lowest BCUT2D eigenvalue weighted by atomic mass is 10.3. The maximum atomic E-state index is 5.43. The first-order valence-corrected chi connectivity index (χ1v) is 5.46. The fraction of sp³-hybridized carbons (Fsp3) is 0.364. The van der Waals surface area contributed by atoms with Crippen molar-refractivity contribution in [1.29, 1.82) is 0 Å². The number of ether oxygens (including phenoxy) is 1. The maximum Gasteiger partial charge on any atom is 0.237 e. The Balaban J connectivity index is 2.06. The first-order chi connectivity index (χ1) is 8.31. The number of nitrogens with one attached hydrogen (secondary N) is 1. The summed E-state index contributed by atoms with van der Waals surface area (Å²) in [5.41, 5.74) is 1.87. The Bertz CT molecular complexity index is 482. The molecule has 6 heteroatoms. The third-order valence-electron chi connectivity index (χ3n) is 2.32. The Labute approximate surface area is 99.6 Å². The number of aryl methyl sites for hydroxylation is 1. The molecule has 17 heavy (non-hydrogen) atoms. The van der Waals surface area contributed by atoms with Gasteiger partial charge in [-0.1, -0.05) is 5.21 Å². The fourth-order valence-electron chi connectivity index (χ4n) is 1.43. The summed E-state index contributed by atoms with van der Waals surface area (Å²) in [4.78, 5) is 4.17. The van der Waals surface area contributed by atoms with E-state index < -0.39 is 0 Å². The molecule has 0 spiro atoms. The molecule has 0 saturated carbocycles. The molecule has 2 heterocycles. The third kappa shape index (κ3) is 2.72. The Morgan fingerprint density at radius 3 is 3.06 bits per heavy atom. The Morgan fingerprint density at radius 2 is 2.35 bits per heavy atom. The second-order valence-electron chi connectivity index (χ2n) is 3.49. The van der Waals surface area contributed by atoms with Crippen molar-refractivity contribution in [2.45, 2.75) is 13.5 Å². The number of hydrogen-bond acceptors (Lipinski definition) is 5. The van der Waals surface area contributed by atoms with Crippen molar-refractivity contribution in [2.75, 3.05) is 11.9 Å². The van der Waals surface area contributed by atoms with E-state index >= 15 is 0 Å². The van der Waals surface area contributed by atoms with E-state index in [1.165, 1.54) is 0 Å². The number of hydrogen-bond donors (Lipinski definition) is 1. The smallest absolute Gasteiger partial charge is 0.237 e. The monoisotopic (exact) mass is 233 g/mol. The van der Waals surface area contributed by atoms with Crippen LogP contribution in [0.4, 0.5) is 5.69 Å². The van der Waals surface area contributed by atoms with Gasteiger partial charge in [-0.2, -0.15) is 0 Å². The Hall–Kier alpha value is -2.11. The summed E-state index contributed by atoms with van der Waals surface area (Å²) < 4.78 is 7.15. The van der Waals surface area contributed by atoms with E-state index in [0.29, 0.717) is 19.0 Å². The highest BCUT2D eigenvalue weighted by Crippen LogP contribution is 2.20. The van der Waals surface area contributed by atoms with Gasteiger partial charge in [-0.15, -0.1) is 5.10 Å². The predicted molar refractivity (Wildman–Crippen MR) is 63.7 cm³/mol. The fourth-order valence-corrected chi connectivity index (χ4v) is 1.43. The van der Waals surface area contributed by atoms with Crippen LogP contribution in [0.1, 0.15) is 12.6 Å². The summed E-state index contributed by atoms with van der Waals surface area (Å²) in [5.74, 6) is 0.616. The van der Waals surface area contributed by atoms with Gasteiger partial charge in [0, 0.05) is 13.2 Å². The number of pyridine rings is 1. The van der Waals surface area contributed by atoms with Crippen molar-refractivity contribution < 1.29 is 4.74 Å². The van der Waals surface area contributed by atoms with Crippen LogP contribution < -0.4 is 10.1 Å². The highest BCUT2D eigenvalue weighted by Gasteiger charge is 2.05. The quantitative estimate of drug-likeness (QED) is 0.841. The van der Waals surface area contributed by atoms with E-state index in [2.05, 4.69) is 20.6 Å². The molecule has 0 saturated heterocycles. The molecule has 2 aromatic heterocycles. The molecule has 0 radical (unpaired) electrons. The Kier molecular flexibility index (Phi) is 3.54. The van der Waals surface area contributed by atoms with Gasteiger partial charge in [-0.05, 0) is 19.1 Å². The van der Waals surface area contributed by atoms with Crippen LogP contribution in [0.3, 0.4) is 0 Å². The molecule has 1 N–H and O–H groups in total. The van der Waals surface area contributed by atoms with Gasteiger partial charge in [0.2, 0.25) is 5.88 Å². The number of rotatable bonds is 5. The van der Waals surface area contributed by atoms with Gasteiger partial charge in [0.15, 0.2) is 0 Å². The molecule has 90 valence electrons. The van der Waals surface area contributed by atoms with Crippen LogP contribution in [0.2, 0.25) is 0 Å². The van der Waals surface area contributed by atoms with Crippen LogP contribution in [0.5, 0.6) is 5.88 Å². The SMILES string of the molecule is CCOc1ncccc1NCc1cnnn1C. The number of nitrogens with zero attached hydrogens (tertiary/aromatic N) is 4. The molecule has 0 bridgehead atoms. The molecule has 2 rings (SSSR count). The number of anilines is 1. The topological polar surface area (TPSA) is 64.9 Å². The minimum atomic E-state index is 0.596. The zero-order valence-corrected chi connectivity index (χ0v) is 9.92. The van der Waals surface area contributed by atoms with Gasteiger partial charge in [0.1, 0.15) is 0 Å². The van der Waals surface area contributed by atoms with E-state index in [-0.39, 0.29) is 0 Å². The summed E-state index contributed by atoms with van der Waals surface area (Å²) >= 11 is 0. The summed E-state index contributed by atoms with van der Waals surface area (Å²) in [7, 11) is 1.86. The van der Waals surface area contributed by atoms with Gasteiger partial charge in [0.05, 0.1) is 30.7 Å². The molecule has 2 aromatic rings. The Morgan fingerprint density at radius 1 is 1.47 bits per heavy atom. The van der Waals surface area contributed by atoms with Gasteiger partial charge in [0.25, 0.3) is 0 Å². The van der Waals surface area contributed by atoms with Crippen molar-refractivity contribution in [3.05, 3.63) is 30.2 Å². The van der Waals surface area contributed by atoms with E-state index in [4.69, 9.17) is 4.74 Å². The van der Waals surface area contributed by atoms with E-state index in [0.717, 1.165) is 11.4 Å². The lowest BCUT2D eigenvalue weighted by Gasteiger charge is -2.10. The van der Waals surface area contributed by atoms with Crippen molar-refractivity contribution >= 4 is 5.69 Å². The zero-order valence-electron chi connectivity index (χ0n) is 9.92. The summed E-state index contributed by atoms with van der Waals surface area (Å²) in [6.45, 7) is 3.16. The molecule has 0 aromatic carbocycles. The van der Waals surface area contributed by atoms with Gasteiger partial charge in [-0.25, -0.2) is 4.98 Å². The van der Waals surface area contributed by atoms with Crippen molar-refractivity contribution in [2.24, 2.45) is 7.05 Å². The molecule has 0 aliphatic rings. The summed E-state index contributed by atoms with van der Waals surface area (Å²) in [6, 6.07) is 3.80. The van der Waals surface area contributed by atoms with Gasteiger partial charge >= 0.3 is 0 Å². The first-order valence-electron chi connectivity index (χ1n) is 5.46. The van der Waals surface area contributed by atoms with Crippen LogP contribution in [0, 0.1) is 0 Å². The molecule has 0 amide bonds. The van der Waals surface area contributed by atoms with E-state index in [1.54, 1.807) is 17.1 Å². The third-order valence-corrected chi connectivity index (χ3v) is 2.32. The highest BCUT2D eigenvalue weighted by molar-refractivity contribution is 5.52. The number of aromatic nitrogens is 4. The van der Waals surface area contributed by atoms with E-state index in [9.17, 15) is 0 Å². The lowest BCUT2D eigenvalue weighted by molar-refractivity contribution is 0.328. The second kappa shape index (κ2) is 5.29. The lowest BCUT2D eigenvalue weighted by Crippen LogP contribution is -2.07. The molecule has 0 unspecified atom stereocenters. The maximum absolute atomic E-state index is 5.43. The van der Waals surface area contributed by atoms with Gasteiger partial charge in [-0.3, -0.25) is 4.68 Å². The molecular formula is C11H15N5O. The standard InChI is InChI=1S/C11H15N5O/c1-3-17-11-10(5-4-6-12-11)13-7-9-8-14-15-16(9)2/h4-6,8,13H,3,7H2,1-2H3. The van der Waals surface area contributed by atoms with Crippen LogP contribution in [0.25, 0.3) is 0 Å². The van der Waals surface area contributed by atoms with Crippen LogP contribution in [-0.2, 0) is 13.6 Å². The van der Waals surface area contributed by atoms with Gasteiger partial charge < -0.3 is 10.1 Å². The minimum absolute atomic E-state index is 0.596. The van der Waals surface area contributed by atoms with Crippen molar-refractivity contribution in [3.8, 4) is 5.88 Å². The molecular weight excluding hydrogens is 218 g/mol. The van der Waals surface area contributed by atoms with Crippen LogP contribution in [-0.4, -0.2) is 26.6 Å². The molecule has 0 fully saturated rings. The summed E-state index contributed by atoms with van der Waals surface area (Å²) in [6.07, 6.45) is 3.44. The zero-order chi connectivity index (χ0) is 12.1.